The van der Waals surface area contributed by atoms with Gasteiger partial charge in [-0.2, -0.15) is 5.10 Å². The summed E-state index contributed by atoms with van der Waals surface area (Å²) >= 11 is 0. The van der Waals surface area contributed by atoms with Crippen molar-refractivity contribution >= 4 is 0 Å². The van der Waals surface area contributed by atoms with Crippen molar-refractivity contribution in [3.63, 3.8) is 0 Å². The molecule has 13 heavy (non-hydrogen) atoms. The van der Waals surface area contributed by atoms with Crippen LogP contribution in [0, 0.1) is 13.8 Å². The molecule has 1 saturated carbocycles. The SMILES string of the molecule is Cc1nn(C2CCC2)c(C)c1CO. The molecule has 0 bridgehead atoms. The summed E-state index contributed by atoms with van der Waals surface area (Å²) < 4.78 is 2.09. The summed E-state index contributed by atoms with van der Waals surface area (Å²) in [5.74, 6) is 0. The lowest BCUT2D eigenvalue weighted by Crippen LogP contribution is -2.19. The van der Waals surface area contributed by atoms with Gasteiger partial charge in [0.05, 0.1) is 18.3 Å². The molecule has 0 aromatic carbocycles. The Morgan fingerprint density at radius 2 is 2.15 bits per heavy atom. The highest BCUT2D eigenvalue weighted by atomic mass is 16.3. The van der Waals surface area contributed by atoms with E-state index in [0.717, 1.165) is 17.0 Å². The first kappa shape index (κ1) is 8.75. The highest BCUT2D eigenvalue weighted by Gasteiger charge is 2.23. The van der Waals surface area contributed by atoms with Crippen molar-refractivity contribution in [3.05, 3.63) is 17.0 Å². The average Bonchev–Trinajstić information content (AvgIpc) is 2.25. The Bertz CT molecular complexity index is 313. The van der Waals surface area contributed by atoms with Crippen LogP contribution in [-0.4, -0.2) is 14.9 Å². The number of aryl methyl sites for hydroxylation is 1. The molecule has 1 heterocycles. The van der Waals surface area contributed by atoms with Crippen LogP contribution in [0.2, 0.25) is 0 Å². The Morgan fingerprint density at radius 1 is 1.46 bits per heavy atom. The van der Waals surface area contributed by atoms with Crippen LogP contribution in [0.1, 0.15) is 42.3 Å². The molecule has 1 aromatic rings. The fourth-order valence-electron chi connectivity index (χ4n) is 1.91. The standard InChI is InChI=1S/C10H16N2O/c1-7-10(6-13)8(2)12(11-7)9-4-3-5-9/h9,13H,3-6H2,1-2H3. The van der Waals surface area contributed by atoms with Gasteiger partial charge < -0.3 is 5.11 Å². The van der Waals surface area contributed by atoms with Crippen molar-refractivity contribution in [2.45, 2.75) is 45.8 Å². The largest absolute Gasteiger partial charge is 0.392 e. The summed E-state index contributed by atoms with van der Waals surface area (Å²) in [4.78, 5) is 0. The molecule has 0 atom stereocenters. The lowest BCUT2D eigenvalue weighted by Gasteiger charge is -2.27. The number of hydrogen-bond donors (Lipinski definition) is 1. The molecule has 3 nitrogen and oxygen atoms in total. The van der Waals surface area contributed by atoms with Crippen molar-refractivity contribution in [1.82, 2.24) is 9.78 Å². The van der Waals surface area contributed by atoms with Crippen molar-refractivity contribution in [2.75, 3.05) is 0 Å². The van der Waals surface area contributed by atoms with Crippen molar-refractivity contribution in [2.24, 2.45) is 0 Å². The second-order valence-electron chi connectivity index (χ2n) is 3.84. The van der Waals surface area contributed by atoms with E-state index in [4.69, 9.17) is 5.11 Å². The van der Waals surface area contributed by atoms with E-state index in [9.17, 15) is 0 Å². The normalized spacial score (nSPS) is 17.5. The van der Waals surface area contributed by atoms with Crippen molar-refractivity contribution in [1.29, 1.82) is 0 Å². The molecule has 1 N–H and O–H groups in total. The molecule has 0 unspecified atom stereocenters. The number of rotatable bonds is 2. The van der Waals surface area contributed by atoms with E-state index >= 15 is 0 Å². The highest BCUT2D eigenvalue weighted by Crippen LogP contribution is 2.33. The number of aliphatic hydroxyl groups is 1. The van der Waals surface area contributed by atoms with Gasteiger partial charge in [0.25, 0.3) is 0 Å². The molecule has 0 spiro atoms. The Labute approximate surface area is 78.4 Å². The first-order valence-electron chi connectivity index (χ1n) is 4.89. The summed E-state index contributed by atoms with van der Waals surface area (Å²) in [6.07, 6.45) is 3.80. The van der Waals surface area contributed by atoms with Crippen LogP contribution in [0.3, 0.4) is 0 Å². The molecule has 72 valence electrons. The molecule has 1 aromatic heterocycles. The second kappa shape index (κ2) is 3.14. The van der Waals surface area contributed by atoms with E-state index in [1.165, 1.54) is 19.3 Å². The maximum Gasteiger partial charge on any atom is 0.0718 e. The number of aliphatic hydroxyl groups excluding tert-OH is 1. The number of hydrogen-bond acceptors (Lipinski definition) is 2. The second-order valence-corrected chi connectivity index (χ2v) is 3.84. The molecule has 0 saturated heterocycles. The Balaban J connectivity index is 2.35. The molecule has 1 aliphatic rings. The van der Waals surface area contributed by atoms with Gasteiger partial charge in [-0.25, -0.2) is 0 Å². The number of nitrogens with zero attached hydrogens (tertiary/aromatic N) is 2. The third kappa shape index (κ3) is 1.27. The quantitative estimate of drug-likeness (QED) is 0.752. The molecule has 1 aliphatic carbocycles. The zero-order valence-electron chi connectivity index (χ0n) is 8.25. The minimum absolute atomic E-state index is 0.115. The van der Waals surface area contributed by atoms with Gasteiger partial charge >= 0.3 is 0 Å². The van der Waals surface area contributed by atoms with E-state index in [-0.39, 0.29) is 6.61 Å². The Hall–Kier alpha value is -0.830. The maximum absolute atomic E-state index is 9.13. The molecule has 3 heteroatoms. The third-order valence-corrected chi connectivity index (χ3v) is 3.05. The average molecular weight is 180 g/mol. The van der Waals surface area contributed by atoms with Crippen molar-refractivity contribution in [3.8, 4) is 0 Å². The highest BCUT2D eigenvalue weighted by molar-refractivity contribution is 5.24. The topological polar surface area (TPSA) is 38.0 Å². The smallest absolute Gasteiger partial charge is 0.0718 e. The third-order valence-electron chi connectivity index (χ3n) is 3.05. The summed E-state index contributed by atoms with van der Waals surface area (Å²) in [5.41, 5.74) is 3.13. The fraction of sp³-hybridized carbons (Fsp3) is 0.700. The maximum atomic E-state index is 9.13. The van der Waals surface area contributed by atoms with Gasteiger partial charge in [0.2, 0.25) is 0 Å². The van der Waals surface area contributed by atoms with Crippen LogP contribution in [0.4, 0.5) is 0 Å². The predicted octanol–water partition coefficient (Wildman–Crippen LogP) is 1.72. The first-order chi connectivity index (χ1) is 6.24. The van der Waals surface area contributed by atoms with Crippen LogP contribution in [-0.2, 0) is 6.61 Å². The van der Waals surface area contributed by atoms with Crippen LogP contribution in [0.25, 0.3) is 0 Å². The summed E-state index contributed by atoms with van der Waals surface area (Å²) in [7, 11) is 0. The van der Waals surface area contributed by atoms with E-state index in [0.29, 0.717) is 6.04 Å². The van der Waals surface area contributed by atoms with E-state index in [1.54, 1.807) is 0 Å². The molecule has 2 rings (SSSR count). The van der Waals surface area contributed by atoms with Crippen molar-refractivity contribution < 1.29 is 5.11 Å². The summed E-state index contributed by atoms with van der Waals surface area (Å²) in [5, 5.41) is 13.6. The Kier molecular flexibility index (Phi) is 2.12. The molecule has 0 radical (unpaired) electrons. The molecule has 0 aliphatic heterocycles. The predicted molar refractivity (Wildman–Crippen MR) is 50.5 cm³/mol. The van der Waals surface area contributed by atoms with Gasteiger partial charge in [0.1, 0.15) is 0 Å². The van der Waals surface area contributed by atoms with Gasteiger partial charge in [0, 0.05) is 11.3 Å². The van der Waals surface area contributed by atoms with Gasteiger partial charge in [-0.15, -0.1) is 0 Å². The van der Waals surface area contributed by atoms with Crippen LogP contribution >= 0.6 is 0 Å². The van der Waals surface area contributed by atoms with E-state index in [2.05, 4.69) is 9.78 Å². The number of aromatic nitrogens is 2. The fourth-order valence-corrected chi connectivity index (χ4v) is 1.91. The molecular weight excluding hydrogens is 164 g/mol. The zero-order valence-corrected chi connectivity index (χ0v) is 8.25. The first-order valence-corrected chi connectivity index (χ1v) is 4.89. The molecule has 1 fully saturated rings. The summed E-state index contributed by atoms with van der Waals surface area (Å²) in [6, 6.07) is 0.596. The Morgan fingerprint density at radius 3 is 2.54 bits per heavy atom. The summed E-state index contributed by atoms with van der Waals surface area (Å²) in [6.45, 7) is 4.13. The van der Waals surface area contributed by atoms with Gasteiger partial charge in [-0.05, 0) is 33.1 Å². The van der Waals surface area contributed by atoms with Crippen LogP contribution in [0.15, 0.2) is 0 Å². The van der Waals surface area contributed by atoms with E-state index < -0.39 is 0 Å². The lowest BCUT2D eigenvalue weighted by atomic mass is 9.93. The monoisotopic (exact) mass is 180 g/mol. The van der Waals surface area contributed by atoms with E-state index in [1.807, 2.05) is 13.8 Å². The van der Waals surface area contributed by atoms with Gasteiger partial charge in [-0.3, -0.25) is 4.68 Å². The van der Waals surface area contributed by atoms with Gasteiger partial charge in [0.15, 0.2) is 0 Å². The van der Waals surface area contributed by atoms with Crippen LogP contribution in [0.5, 0.6) is 0 Å². The lowest BCUT2D eigenvalue weighted by molar-refractivity contribution is 0.273. The minimum Gasteiger partial charge on any atom is -0.392 e. The minimum atomic E-state index is 0.115. The van der Waals surface area contributed by atoms with Crippen LogP contribution < -0.4 is 0 Å². The molecular formula is C10H16N2O. The zero-order chi connectivity index (χ0) is 9.42. The molecule has 0 amide bonds. The van der Waals surface area contributed by atoms with Gasteiger partial charge in [-0.1, -0.05) is 0 Å².